The molecule has 0 amide bonds. The Morgan fingerprint density at radius 2 is 2.13 bits per heavy atom. The molecule has 0 aliphatic rings. The Bertz CT molecular complexity index is 615. The lowest BCUT2D eigenvalue weighted by Gasteiger charge is -2.10. The third-order valence-corrected chi connectivity index (χ3v) is 4.40. The van der Waals surface area contributed by atoms with Gasteiger partial charge in [-0.05, 0) is 36.1 Å². The topological polar surface area (TPSA) is 47.6 Å². The number of hydrogen-bond donors (Lipinski definition) is 1. The van der Waals surface area contributed by atoms with Crippen molar-refractivity contribution in [1.82, 2.24) is 0 Å². The molecule has 0 saturated carbocycles. The van der Waals surface area contributed by atoms with Gasteiger partial charge in [0.1, 0.15) is 11.6 Å². The minimum Gasteiger partial charge on any atom is -0.493 e. The summed E-state index contributed by atoms with van der Waals surface area (Å²) in [5.74, 6) is 1.75. The van der Waals surface area contributed by atoms with Gasteiger partial charge in [-0.3, -0.25) is 0 Å². The molecule has 3 nitrogen and oxygen atoms in total. The van der Waals surface area contributed by atoms with E-state index >= 15 is 0 Å². The Kier molecular flexibility index (Phi) is 9.07. The summed E-state index contributed by atoms with van der Waals surface area (Å²) in [7, 11) is 0. The van der Waals surface area contributed by atoms with Crippen LogP contribution in [0.2, 0.25) is 0 Å². The zero-order valence-corrected chi connectivity index (χ0v) is 15.5. The van der Waals surface area contributed by atoms with E-state index in [0.29, 0.717) is 11.7 Å². The summed E-state index contributed by atoms with van der Waals surface area (Å²) in [4.78, 5) is 5.42. The first-order chi connectivity index (χ1) is 10.7. The first-order valence-corrected chi connectivity index (χ1v) is 8.85. The molecular weight excluding hydrogens is 351 g/mol. The summed E-state index contributed by atoms with van der Waals surface area (Å²) >= 11 is 7.60. The SMILES string of the molecule is CCCCCOc1ccc(N=C(N)c2cccs2)cc1CCl.Cl. The van der Waals surface area contributed by atoms with Crippen LogP contribution < -0.4 is 10.5 Å². The van der Waals surface area contributed by atoms with Crippen molar-refractivity contribution in [3.8, 4) is 5.75 Å². The van der Waals surface area contributed by atoms with Gasteiger partial charge >= 0.3 is 0 Å². The van der Waals surface area contributed by atoms with Crippen molar-refractivity contribution in [2.75, 3.05) is 6.61 Å². The first kappa shape index (κ1) is 19.8. The van der Waals surface area contributed by atoms with Crippen LogP contribution in [0.4, 0.5) is 5.69 Å². The number of thiophene rings is 1. The standard InChI is InChI=1S/C17H21ClN2OS.ClH/c1-2-3-4-9-21-15-8-7-14(11-13(15)12-18)20-17(19)16-6-5-10-22-16;/h5-8,10-11H,2-4,9,12H2,1H3,(H2,19,20);1H. The molecule has 0 saturated heterocycles. The number of amidine groups is 1. The maximum Gasteiger partial charge on any atom is 0.141 e. The number of alkyl halides is 1. The molecule has 6 heteroatoms. The summed E-state index contributed by atoms with van der Waals surface area (Å²) in [5.41, 5.74) is 7.75. The molecule has 126 valence electrons. The highest BCUT2D eigenvalue weighted by atomic mass is 35.5. The van der Waals surface area contributed by atoms with E-state index in [1.165, 1.54) is 12.8 Å². The lowest BCUT2D eigenvalue weighted by molar-refractivity contribution is 0.304. The van der Waals surface area contributed by atoms with Gasteiger partial charge in [0.15, 0.2) is 0 Å². The number of nitrogens with two attached hydrogens (primary N) is 1. The smallest absolute Gasteiger partial charge is 0.141 e. The molecular formula is C17H22Cl2N2OS. The van der Waals surface area contributed by atoms with Crippen LogP contribution in [0.15, 0.2) is 40.7 Å². The molecule has 2 rings (SSSR count). The lowest BCUT2D eigenvalue weighted by atomic mass is 10.2. The highest BCUT2D eigenvalue weighted by Gasteiger charge is 2.06. The maximum atomic E-state index is 6.02. The average molecular weight is 373 g/mol. The van der Waals surface area contributed by atoms with Crippen molar-refractivity contribution in [2.45, 2.75) is 32.1 Å². The summed E-state index contributed by atoms with van der Waals surface area (Å²) in [6, 6.07) is 9.68. The van der Waals surface area contributed by atoms with Gasteiger partial charge < -0.3 is 10.5 Å². The summed E-state index contributed by atoms with van der Waals surface area (Å²) in [5, 5.41) is 1.98. The summed E-state index contributed by atoms with van der Waals surface area (Å²) in [6.07, 6.45) is 3.42. The van der Waals surface area contributed by atoms with E-state index in [9.17, 15) is 0 Å². The number of nitrogens with zero attached hydrogens (tertiary/aromatic N) is 1. The number of halogens is 2. The summed E-state index contributed by atoms with van der Waals surface area (Å²) in [6.45, 7) is 2.90. The highest BCUT2D eigenvalue weighted by molar-refractivity contribution is 7.12. The molecule has 0 unspecified atom stereocenters. The van der Waals surface area contributed by atoms with Gasteiger partial charge in [-0.15, -0.1) is 35.3 Å². The lowest BCUT2D eigenvalue weighted by Crippen LogP contribution is -2.10. The van der Waals surface area contributed by atoms with Crippen LogP contribution in [-0.4, -0.2) is 12.4 Å². The van der Waals surface area contributed by atoms with E-state index < -0.39 is 0 Å². The second-order valence-electron chi connectivity index (χ2n) is 4.96. The molecule has 0 fully saturated rings. The fourth-order valence-corrected chi connectivity index (χ4v) is 2.87. The zero-order chi connectivity index (χ0) is 15.8. The van der Waals surface area contributed by atoms with Crippen molar-refractivity contribution >= 4 is 46.9 Å². The van der Waals surface area contributed by atoms with Gasteiger partial charge in [0, 0.05) is 5.56 Å². The molecule has 0 aliphatic heterocycles. The number of hydrogen-bond acceptors (Lipinski definition) is 3. The van der Waals surface area contributed by atoms with Crippen LogP contribution in [-0.2, 0) is 5.88 Å². The molecule has 0 aliphatic carbocycles. The van der Waals surface area contributed by atoms with Gasteiger partial charge in [-0.2, -0.15) is 0 Å². The number of rotatable bonds is 8. The summed E-state index contributed by atoms with van der Waals surface area (Å²) < 4.78 is 5.80. The molecule has 0 bridgehead atoms. The van der Waals surface area contributed by atoms with E-state index in [1.807, 2.05) is 35.7 Å². The van der Waals surface area contributed by atoms with E-state index in [0.717, 1.165) is 34.9 Å². The maximum absolute atomic E-state index is 6.02. The fraction of sp³-hybridized carbons (Fsp3) is 0.353. The van der Waals surface area contributed by atoms with Gasteiger partial charge in [0.2, 0.25) is 0 Å². The van der Waals surface area contributed by atoms with Crippen LogP contribution in [0.5, 0.6) is 5.75 Å². The van der Waals surface area contributed by atoms with Crippen molar-refractivity contribution in [1.29, 1.82) is 0 Å². The fourth-order valence-electron chi connectivity index (χ4n) is 2.03. The monoisotopic (exact) mass is 372 g/mol. The number of aliphatic imine (C=N–C) groups is 1. The predicted octanol–water partition coefficient (Wildman–Crippen LogP) is 5.51. The van der Waals surface area contributed by atoms with Crippen LogP contribution in [0.25, 0.3) is 0 Å². The normalized spacial score (nSPS) is 11.1. The van der Waals surface area contributed by atoms with Crippen LogP contribution in [0.1, 0.15) is 36.6 Å². The minimum atomic E-state index is 0. The van der Waals surface area contributed by atoms with Crippen LogP contribution in [0, 0.1) is 0 Å². The molecule has 2 N–H and O–H groups in total. The second-order valence-corrected chi connectivity index (χ2v) is 6.17. The van der Waals surface area contributed by atoms with Crippen molar-refractivity contribution < 1.29 is 4.74 Å². The van der Waals surface area contributed by atoms with Gasteiger partial charge in [0.25, 0.3) is 0 Å². The Balaban J connectivity index is 0.00000264. The minimum absolute atomic E-state index is 0. The Hall–Kier alpha value is -1.23. The van der Waals surface area contributed by atoms with Crippen molar-refractivity contribution in [3.63, 3.8) is 0 Å². The van der Waals surface area contributed by atoms with E-state index in [2.05, 4.69) is 11.9 Å². The van der Waals surface area contributed by atoms with E-state index in [4.69, 9.17) is 22.1 Å². The predicted molar refractivity (Wildman–Crippen MR) is 103 cm³/mol. The molecule has 0 spiro atoms. The van der Waals surface area contributed by atoms with Gasteiger partial charge in [0.05, 0.1) is 23.1 Å². The highest BCUT2D eigenvalue weighted by Crippen LogP contribution is 2.27. The van der Waals surface area contributed by atoms with Gasteiger partial charge in [-0.1, -0.05) is 25.8 Å². The van der Waals surface area contributed by atoms with Gasteiger partial charge in [-0.25, -0.2) is 4.99 Å². The third-order valence-electron chi connectivity index (χ3n) is 3.22. The third kappa shape index (κ3) is 6.05. The Morgan fingerprint density at radius 1 is 1.30 bits per heavy atom. The quantitative estimate of drug-likeness (QED) is 0.287. The number of benzene rings is 1. The zero-order valence-electron chi connectivity index (χ0n) is 13.1. The van der Waals surface area contributed by atoms with Crippen molar-refractivity contribution in [2.24, 2.45) is 10.7 Å². The molecule has 0 radical (unpaired) electrons. The van der Waals surface area contributed by atoms with Crippen LogP contribution in [0.3, 0.4) is 0 Å². The number of unbranched alkanes of at least 4 members (excludes halogenated alkanes) is 2. The number of ether oxygens (including phenoxy) is 1. The van der Waals surface area contributed by atoms with Crippen LogP contribution >= 0.6 is 35.3 Å². The molecule has 1 aromatic carbocycles. The van der Waals surface area contributed by atoms with E-state index in [1.54, 1.807) is 11.3 Å². The molecule has 1 aromatic heterocycles. The van der Waals surface area contributed by atoms with E-state index in [-0.39, 0.29) is 12.4 Å². The molecule has 23 heavy (non-hydrogen) atoms. The largest absolute Gasteiger partial charge is 0.493 e. The van der Waals surface area contributed by atoms with Crippen molar-refractivity contribution in [3.05, 3.63) is 46.2 Å². The molecule has 0 atom stereocenters. The average Bonchev–Trinajstić information content (AvgIpc) is 3.07. The Labute approximate surface area is 152 Å². The second kappa shape index (κ2) is 10.5. The molecule has 2 aromatic rings. The first-order valence-electron chi connectivity index (χ1n) is 7.44. The molecule has 1 heterocycles. The Morgan fingerprint density at radius 3 is 2.78 bits per heavy atom.